The Bertz CT molecular complexity index is 338. The number of aryl methyl sites for hydroxylation is 1. The Labute approximate surface area is 93.1 Å². The zero-order valence-electron chi connectivity index (χ0n) is 8.86. The van der Waals surface area contributed by atoms with Gasteiger partial charge in [-0.3, -0.25) is 4.79 Å². The van der Waals surface area contributed by atoms with Crippen molar-refractivity contribution in [2.75, 3.05) is 6.54 Å². The Morgan fingerprint density at radius 1 is 1.73 bits per heavy atom. The van der Waals surface area contributed by atoms with Crippen LogP contribution in [0, 0.1) is 6.92 Å². The Balaban J connectivity index is 2.47. The quantitative estimate of drug-likeness (QED) is 0.689. The molecule has 2 atom stereocenters. The number of nitrogens with one attached hydrogen (secondary N) is 1. The fourth-order valence-corrected chi connectivity index (χ4v) is 2.27. The van der Waals surface area contributed by atoms with Gasteiger partial charge in [0.05, 0.1) is 0 Å². The van der Waals surface area contributed by atoms with Crippen molar-refractivity contribution < 1.29 is 9.90 Å². The van der Waals surface area contributed by atoms with E-state index in [0.717, 1.165) is 0 Å². The van der Waals surface area contributed by atoms with Gasteiger partial charge in [-0.15, -0.1) is 11.3 Å². The van der Waals surface area contributed by atoms with Crippen molar-refractivity contribution in [3.8, 4) is 0 Å². The summed E-state index contributed by atoms with van der Waals surface area (Å²) in [5.41, 5.74) is 6.16. The standard InChI is InChI=1S/C10H16N2O2S/c1-6-3-4-15-9(6)7(2)12-5-8(13)10(11)14/h3-4,7-8,12-13H,5H2,1-2H3,(H2,11,14). The first-order valence-electron chi connectivity index (χ1n) is 4.77. The van der Waals surface area contributed by atoms with Crippen LogP contribution in [0.4, 0.5) is 0 Å². The fraction of sp³-hybridized carbons (Fsp3) is 0.500. The molecule has 0 aliphatic carbocycles. The molecule has 4 nitrogen and oxygen atoms in total. The minimum atomic E-state index is -1.12. The van der Waals surface area contributed by atoms with E-state index in [1.165, 1.54) is 10.4 Å². The minimum absolute atomic E-state index is 0.124. The van der Waals surface area contributed by atoms with E-state index < -0.39 is 12.0 Å². The highest BCUT2D eigenvalue weighted by Gasteiger charge is 2.14. The molecule has 1 aromatic heterocycles. The van der Waals surface area contributed by atoms with Crippen molar-refractivity contribution >= 4 is 17.2 Å². The van der Waals surface area contributed by atoms with E-state index in [9.17, 15) is 9.90 Å². The number of hydrogen-bond acceptors (Lipinski definition) is 4. The molecule has 1 aromatic rings. The Kier molecular flexibility index (Phi) is 4.26. The van der Waals surface area contributed by atoms with E-state index in [-0.39, 0.29) is 12.6 Å². The van der Waals surface area contributed by atoms with Crippen molar-refractivity contribution in [2.24, 2.45) is 5.73 Å². The molecule has 1 amide bonds. The molecule has 1 heterocycles. The molecule has 84 valence electrons. The maximum Gasteiger partial charge on any atom is 0.247 e. The number of thiophene rings is 1. The van der Waals surface area contributed by atoms with E-state index in [4.69, 9.17) is 5.73 Å². The number of hydrogen-bond donors (Lipinski definition) is 3. The number of primary amides is 1. The largest absolute Gasteiger partial charge is 0.382 e. The number of nitrogens with two attached hydrogens (primary N) is 1. The summed E-state index contributed by atoms with van der Waals surface area (Å²) in [4.78, 5) is 11.8. The molecule has 0 saturated heterocycles. The molecule has 4 N–H and O–H groups in total. The van der Waals surface area contributed by atoms with Gasteiger partial charge in [0.15, 0.2) is 0 Å². The molecule has 0 aromatic carbocycles. The number of carbonyl (C=O) groups is 1. The van der Waals surface area contributed by atoms with Crippen LogP contribution >= 0.6 is 11.3 Å². The van der Waals surface area contributed by atoms with Crippen LogP contribution in [0.1, 0.15) is 23.4 Å². The van der Waals surface area contributed by atoms with Crippen LogP contribution in [0.3, 0.4) is 0 Å². The molecule has 0 radical (unpaired) electrons. The third kappa shape index (κ3) is 3.30. The molecule has 2 unspecified atom stereocenters. The van der Waals surface area contributed by atoms with E-state index in [1.54, 1.807) is 11.3 Å². The van der Waals surface area contributed by atoms with Crippen LogP contribution in [0.25, 0.3) is 0 Å². The minimum Gasteiger partial charge on any atom is -0.382 e. The molecule has 1 rings (SSSR count). The maximum atomic E-state index is 10.6. The van der Waals surface area contributed by atoms with Gasteiger partial charge in [0.1, 0.15) is 6.10 Å². The average molecular weight is 228 g/mol. The number of aliphatic hydroxyl groups excluding tert-OH is 1. The van der Waals surface area contributed by atoms with E-state index in [0.29, 0.717) is 0 Å². The van der Waals surface area contributed by atoms with Crippen molar-refractivity contribution in [1.29, 1.82) is 0 Å². The number of carbonyl (C=O) groups excluding carboxylic acids is 1. The molecule has 15 heavy (non-hydrogen) atoms. The zero-order chi connectivity index (χ0) is 11.4. The molecule has 0 spiro atoms. The van der Waals surface area contributed by atoms with E-state index in [2.05, 4.69) is 5.32 Å². The third-order valence-electron chi connectivity index (χ3n) is 2.24. The van der Waals surface area contributed by atoms with Crippen molar-refractivity contribution in [3.05, 3.63) is 21.9 Å². The van der Waals surface area contributed by atoms with Crippen LogP contribution < -0.4 is 11.1 Å². The fourth-order valence-electron chi connectivity index (χ4n) is 1.31. The predicted octanol–water partition coefficient (Wildman–Crippen LogP) is 0.553. The first-order valence-corrected chi connectivity index (χ1v) is 5.65. The lowest BCUT2D eigenvalue weighted by molar-refractivity contribution is -0.125. The van der Waals surface area contributed by atoms with Crippen LogP contribution in [-0.4, -0.2) is 23.7 Å². The molecule has 0 aliphatic rings. The second-order valence-electron chi connectivity index (χ2n) is 3.52. The van der Waals surface area contributed by atoms with Crippen LogP contribution in [-0.2, 0) is 4.79 Å². The van der Waals surface area contributed by atoms with Gasteiger partial charge in [-0.2, -0.15) is 0 Å². The lowest BCUT2D eigenvalue weighted by Gasteiger charge is -2.15. The van der Waals surface area contributed by atoms with Gasteiger partial charge in [0, 0.05) is 17.5 Å². The predicted molar refractivity (Wildman–Crippen MR) is 60.7 cm³/mol. The van der Waals surface area contributed by atoms with Gasteiger partial charge in [-0.05, 0) is 30.9 Å². The Morgan fingerprint density at radius 3 is 2.87 bits per heavy atom. The number of amides is 1. The normalized spacial score (nSPS) is 14.9. The van der Waals surface area contributed by atoms with Crippen LogP contribution in [0.2, 0.25) is 0 Å². The molecule has 0 saturated carbocycles. The van der Waals surface area contributed by atoms with Crippen LogP contribution in [0.15, 0.2) is 11.4 Å². The van der Waals surface area contributed by atoms with Gasteiger partial charge in [0.2, 0.25) is 5.91 Å². The Morgan fingerprint density at radius 2 is 2.40 bits per heavy atom. The monoisotopic (exact) mass is 228 g/mol. The molecular formula is C10H16N2O2S. The van der Waals surface area contributed by atoms with Gasteiger partial charge in [-0.25, -0.2) is 0 Å². The van der Waals surface area contributed by atoms with Crippen molar-refractivity contribution in [1.82, 2.24) is 5.32 Å². The molecule has 5 heteroatoms. The van der Waals surface area contributed by atoms with Gasteiger partial charge >= 0.3 is 0 Å². The molecule has 0 aliphatic heterocycles. The van der Waals surface area contributed by atoms with Gasteiger partial charge < -0.3 is 16.2 Å². The lowest BCUT2D eigenvalue weighted by atomic mass is 10.2. The topological polar surface area (TPSA) is 75.3 Å². The number of rotatable bonds is 5. The van der Waals surface area contributed by atoms with E-state index in [1.807, 2.05) is 25.3 Å². The number of aliphatic hydroxyl groups is 1. The van der Waals surface area contributed by atoms with Gasteiger partial charge in [0.25, 0.3) is 0 Å². The first-order chi connectivity index (χ1) is 7.02. The van der Waals surface area contributed by atoms with E-state index >= 15 is 0 Å². The summed E-state index contributed by atoms with van der Waals surface area (Å²) in [6, 6.07) is 2.17. The third-order valence-corrected chi connectivity index (χ3v) is 3.44. The summed E-state index contributed by atoms with van der Waals surface area (Å²) in [7, 11) is 0. The second-order valence-corrected chi connectivity index (χ2v) is 4.46. The molecule has 0 bridgehead atoms. The summed E-state index contributed by atoms with van der Waals surface area (Å²) >= 11 is 1.66. The summed E-state index contributed by atoms with van der Waals surface area (Å²) in [5.74, 6) is -0.697. The highest BCUT2D eigenvalue weighted by molar-refractivity contribution is 7.10. The summed E-state index contributed by atoms with van der Waals surface area (Å²) < 4.78 is 0. The Hall–Kier alpha value is -0.910. The van der Waals surface area contributed by atoms with Crippen LogP contribution in [0.5, 0.6) is 0 Å². The smallest absolute Gasteiger partial charge is 0.247 e. The second kappa shape index (κ2) is 5.25. The lowest BCUT2D eigenvalue weighted by Crippen LogP contribution is -2.38. The first kappa shape index (κ1) is 12.2. The highest BCUT2D eigenvalue weighted by atomic mass is 32.1. The summed E-state index contributed by atoms with van der Waals surface area (Å²) in [6.45, 7) is 4.22. The highest BCUT2D eigenvalue weighted by Crippen LogP contribution is 2.23. The van der Waals surface area contributed by atoms with Crippen molar-refractivity contribution in [2.45, 2.75) is 26.0 Å². The van der Waals surface area contributed by atoms with Crippen molar-refractivity contribution in [3.63, 3.8) is 0 Å². The SMILES string of the molecule is Cc1ccsc1C(C)NCC(O)C(N)=O. The molecular weight excluding hydrogens is 212 g/mol. The van der Waals surface area contributed by atoms with Gasteiger partial charge in [-0.1, -0.05) is 0 Å². The molecule has 0 fully saturated rings. The maximum absolute atomic E-state index is 10.6. The summed E-state index contributed by atoms with van der Waals surface area (Å²) in [6.07, 6.45) is -1.12. The average Bonchev–Trinajstić information content (AvgIpc) is 2.60. The summed E-state index contributed by atoms with van der Waals surface area (Å²) in [5, 5.41) is 14.3. The zero-order valence-corrected chi connectivity index (χ0v) is 9.67.